The summed E-state index contributed by atoms with van der Waals surface area (Å²) in [5.41, 5.74) is 0.731. The van der Waals surface area contributed by atoms with Crippen molar-refractivity contribution in [1.29, 1.82) is 0 Å². The van der Waals surface area contributed by atoms with Crippen LogP contribution in [0, 0.1) is 6.92 Å². The number of carbonyl (C=O) groups excluding carboxylic acids is 1. The predicted molar refractivity (Wildman–Crippen MR) is 102 cm³/mol. The lowest BCUT2D eigenvalue weighted by Gasteiger charge is -2.21. The largest absolute Gasteiger partial charge is 0.433 e. The van der Waals surface area contributed by atoms with Gasteiger partial charge in [-0.15, -0.1) is 0 Å². The monoisotopic (exact) mass is 426 g/mol. The van der Waals surface area contributed by atoms with Crippen LogP contribution in [0.5, 0.6) is 5.75 Å². The number of ether oxygens (including phenoxy) is 1. The molecule has 1 N–H and O–H groups in total. The molecule has 1 aliphatic rings. The molecule has 0 saturated carbocycles. The summed E-state index contributed by atoms with van der Waals surface area (Å²) in [5, 5.41) is 2.84. The Morgan fingerprint density at radius 3 is 2.70 bits per heavy atom. The summed E-state index contributed by atoms with van der Waals surface area (Å²) in [6.07, 6.45) is -2.46. The van der Waals surface area contributed by atoms with Crippen molar-refractivity contribution >= 4 is 17.5 Å². The molecule has 30 heavy (non-hydrogen) atoms. The summed E-state index contributed by atoms with van der Waals surface area (Å²) in [5.74, 6) is -2.83. The Hall–Kier alpha value is -2.91. The number of anilines is 2. The lowest BCUT2D eigenvalue weighted by Crippen LogP contribution is -2.33. The van der Waals surface area contributed by atoms with E-state index < -0.39 is 17.9 Å². The molecule has 0 aliphatic carbocycles. The molecule has 0 radical (unpaired) electrons. The second kappa shape index (κ2) is 8.45. The quantitative estimate of drug-likeness (QED) is 0.697. The van der Waals surface area contributed by atoms with Crippen LogP contribution in [0.1, 0.15) is 42.2 Å². The summed E-state index contributed by atoms with van der Waals surface area (Å²) in [6, 6.07) is 5.83. The van der Waals surface area contributed by atoms with E-state index in [1.807, 2.05) is 0 Å². The minimum Gasteiger partial charge on any atom is -0.433 e. The Bertz CT molecular complexity index is 918. The van der Waals surface area contributed by atoms with Gasteiger partial charge in [0, 0.05) is 45.1 Å². The second-order valence-electron chi connectivity index (χ2n) is 7.28. The highest BCUT2D eigenvalue weighted by Gasteiger charge is 2.33. The minimum atomic E-state index is -3.34. The average Bonchev–Trinajstić information content (AvgIpc) is 2.82. The molecule has 0 aromatic carbocycles. The number of hydrogen-bond donors (Lipinski definition) is 1. The van der Waals surface area contributed by atoms with Crippen molar-refractivity contribution < 1.29 is 27.1 Å². The number of carbonyl (C=O) groups is 1. The van der Waals surface area contributed by atoms with Crippen molar-refractivity contribution in [3.63, 3.8) is 0 Å². The van der Waals surface area contributed by atoms with Crippen LogP contribution in [0.3, 0.4) is 0 Å². The number of pyridine rings is 2. The summed E-state index contributed by atoms with van der Waals surface area (Å²) in [4.78, 5) is 22.6. The van der Waals surface area contributed by atoms with E-state index in [1.165, 1.54) is 23.2 Å². The molecule has 2 aromatic heterocycles. The topological polar surface area (TPSA) is 67.3 Å². The van der Waals surface area contributed by atoms with Crippen molar-refractivity contribution in [3.05, 3.63) is 41.7 Å². The summed E-state index contributed by atoms with van der Waals surface area (Å²) in [7, 11) is 0. The van der Waals surface area contributed by atoms with E-state index in [9.17, 15) is 22.4 Å². The van der Waals surface area contributed by atoms with Gasteiger partial charge < -0.3 is 15.0 Å². The van der Waals surface area contributed by atoms with E-state index in [2.05, 4.69) is 20.0 Å². The first-order chi connectivity index (χ1) is 14.0. The third-order valence-electron chi connectivity index (χ3n) is 4.59. The SMILES string of the molecule is Cc1ccc(Nc2cc(OC(C)(F)F)ccn2)nc1C(=O)N1CCCC(F)(F)CC1. The highest BCUT2D eigenvalue weighted by molar-refractivity contribution is 5.94. The van der Waals surface area contributed by atoms with Crippen LogP contribution in [0.2, 0.25) is 0 Å². The first-order valence-electron chi connectivity index (χ1n) is 9.47. The molecule has 1 aliphatic heterocycles. The Labute approximate surface area is 171 Å². The molecule has 1 fully saturated rings. The van der Waals surface area contributed by atoms with Gasteiger partial charge in [0.1, 0.15) is 23.1 Å². The van der Waals surface area contributed by atoms with Gasteiger partial charge in [0.2, 0.25) is 5.92 Å². The van der Waals surface area contributed by atoms with E-state index in [0.29, 0.717) is 12.5 Å². The van der Waals surface area contributed by atoms with Crippen LogP contribution in [-0.2, 0) is 0 Å². The molecular formula is C20H22F4N4O2. The van der Waals surface area contributed by atoms with Crippen molar-refractivity contribution in [2.24, 2.45) is 0 Å². The molecule has 3 rings (SSSR count). The van der Waals surface area contributed by atoms with Crippen LogP contribution < -0.4 is 10.1 Å². The Morgan fingerprint density at radius 1 is 1.20 bits per heavy atom. The van der Waals surface area contributed by atoms with E-state index in [4.69, 9.17) is 0 Å². The number of halogens is 4. The maximum absolute atomic E-state index is 13.6. The highest BCUT2D eigenvalue weighted by Crippen LogP contribution is 2.29. The van der Waals surface area contributed by atoms with E-state index >= 15 is 0 Å². The molecule has 10 heteroatoms. The molecule has 0 spiro atoms. The fraction of sp³-hybridized carbons (Fsp3) is 0.450. The molecule has 0 atom stereocenters. The molecule has 0 bridgehead atoms. The van der Waals surface area contributed by atoms with Gasteiger partial charge in [0.15, 0.2) is 0 Å². The van der Waals surface area contributed by atoms with Crippen LogP contribution in [-0.4, -0.2) is 45.9 Å². The van der Waals surface area contributed by atoms with Gasteiger partial charge in [-0.05, 0) is 31.0 Å². The Kier molecular flexibility index (Phi) is 6.14. The first-order valence-corrected chi connectivity index (χ1v) is 9.47. The number of aromatic nitrogens is 2. The lowest BCUT2D eigenvalue weighted by atomic mass is 10.1. The number of rotatable bonds is 5. The first kappa shape index (κ1) is 21.8. The zero-order valence-corrected chi connectivity index (χ0v) is 16.6. The van der Waals surface area contributed by atoms with Crippen molar-refractivity contribution in [2.45, 2.75) is 45.1 Å². The minimum absolute atomic E-state index is 0.0449. The zero-order valence-electron chi connectivity index (χ0n) is 16.6. The standard InChI is InChI=1S/C20H22F4N4O2/c1-13-4-5-15(26-16-12-14(6-9-25-16)30-19(2,21)22)27-17(13)18(29)28-10-3-7-20(23,24)8-11-28/h4-6,9,12H,3,7-8,10-11H2,1-2H3,(H,25,26,27). The number of nitrogens with zero attached hydrogens (tertiary/aromatic N) is 3. The van der Waals surface area contributed by atoms with E-state index in [0.717, 1.165) is 0 Å². The van der Waals surface area contributed by atoms with Crippen LogP contribution in [0.4, 0.5) is 29.2 Å². The number of hydrogen-bond acceptors (Lipinski definition) is 5. The summed E-state index contributed by atoms with van der Waals surface area (Å²) in [6.45, 7) is 2.52. The van der Waals surface area contributed by atoms with E-state index in [1.54, 1.807) is 19.1 Å². The van der Waals surface area contributed by atoms with Gasteiger partial charge >= 0.3 is 6.11 Å². The highest BCUT2D eigenvalue weighted by atomic mass is 19.3. The maximum atomic E-state index is 13.6. The van der Waals surface area contributed by atoms with Crippen LogP contribution in [0.15, 0.2) is 30.5 Å². The van der Waals surface area contributed by atoms with Gasteiger partial charge in [-0.1, -0.05) is 6.07 Å². The molecule has 1 amide bonds. The second-order valence-corrected chi connectivity index (χ2v) is 7.28. The molecule has 1 saturated heterocycles. The number of nitrogens with one attached hydrogen (secondary N) is 1. The molecular weight excluding hydrogens is 404 g/mol. The van der Waals surface area contributed by atoms with E-state index in [-0.39, 0.29) is 55.4 Å². The Balaban J connectivity index is 1.77. The molecule has 2 aromatic rings. The number of likely N-dealkylation sites (tertiary alicyclic amines) is 1. The third kappa shape index (κ3) is 5.80. The smallest absolute Gasteiger partial charge is 0.394 e. The maximum Gasteiger partial charge on any atom is 0.394 e. The number of aryl methyl sites for hydroxylation is 1. The predicted octanol–water partition coefficient (Wildman–Crippen LogP) is 4.78. The lowest BCUT2D eigenvalue weighted by molar-refractivity contribution is -0.158. The summed E-state index contributed by atoms with van der Waals surface area (Å²) < 4.78 is 57.8. The average molecular weight is 426 g/mol. The molecule has 0 unspecified atom stereocenters. The fourth-order valence-corrected chi connectivity index (χ4v) is 3.11. The van der Waals surface area contributed by atoms with Gasteiger partial charge in [0.05, 0.1) is 0 Å². The van der Waals surface area contributed by atoms with Gasteiger partial charge in [-0.25, -0.2) is 18.7 Å². The number of amides is 1. The molecule has 6 nitrogen and oxygen atoms in total. The molecule has 3 heterocycles. The fourth-order valence-electron chi connectivity index (χ4n) is 3.11. The van der Waals surface area contributed by atoms with Crippen molar-refractivity contribution in [3.8, 4) is 5.75 Å². The zero-order chi connectivity index (χ0) is 21.9. The summed E-state index contributed by atoms with van der Waals surface area (Å²) >= 11 is 0. The van der Waals surface area contributed by atoms with Crippen molar-refractivity contribution in [1.82, 2.24) is 14.9 Å². The molecule has 162 valence electrons. The van der Waals surface area contributed by atoms with Crippen LogP contribution in [0.25, 0.3) is 0 Å². The number of alkyl halides is 4. The normalized spacial score (nSPS) is 16.7. The van der Waals surface area contributed by atoms with Gasteiger partial charge in [0.25, 0.3) is 5.91 Å². The van der Waals surface area contributed by atoms with Gasteiger partial charge in [-0.2, -0.15) is 8.78 Å². The van der Waals surface area contributed by atoms with Gasteiger partial charge in [-0.3, -0.25) is 4.79 Å². The Morgan fingerprint density at radius 2 is 1.97 bits per heavy atom. The van der Waals surface area contributed by atoms with Crippen LogP contribution >= 0.6 is 0 Å². The van der Waals surface area contributed by atoms with Crippen molar-refractivity contribution in [2.75, 3.05) is 18.4 Å². The third-order valence-corrected chi connectivity index (χ3v) is 4.59.